The first kappa shape index (κ1) is 17.8. The molecule has 1 N–H and O–H groups in total. The molecule has 0 atom stereocenters. The van der Waals surface area contributed by atoms with E-state index in [4.69, 9.17) is 0 Å². The first-order chi connectivity index (χ1) is 12.5. The number of anilines is 1. The predicted octanol–water partition coefficient (Wildman–Crippen LogP) is 4.27. The monoisotopic (exact) mass is 368 g/mol. The number of hydrogen-bond acceptors (Lipinski definition) is 4. The van der Waals surface area contributed by atoms with E-state index >= 15 is 0 Å². The van der Waals surface area contributed by atoms with Crippen LogP contribution < -0.4 is 5.32 Å². The number of halogens is 1. The predicted molar refractivity (Wildman–Crippen MR) is 101 cm³/mol. The molecule has 6 heteroatoms. The molecule has 132 valence electrons. The highest BCUT2D eigenvalue weighted by molar-refractivity contribution is 7.91. The van der Waals surface area contributed by atoms with Gasteiger partial charge >= 0.3 is 0 Å². The lowest BCUT2D eigenvalue weighted by molar-refractivity contribution is 0.596. The topological polar surface area (TPSA) is 59.1 Å². The molecular formula is C20H17FN2O2S. The van der Waals surface area contributed by atoms with Crippen molar-refractivity contribution in [2.24, 2.45) is 0 Å². The van der Waals surface area contributed by atoms with E-state index in [0.29, 0.717) is 5.82 Å². The van der Waals surface area contributed by atoms with Gasteiger partial charge in [-0.3, -0.25) is 0 Å². The van der Waals surface area contributed by atoms with Crippen molar-refractivity contribution < 1.29 is 12.8 Å². The fourth-order valence-corrected chi connectivity index (χ4v) is 3.86. The Morgan fingerprint density at radius 3 is 2.08 bits per heavy atom. The number of rotatable bonds is 5. The van der Waals surface area contributed by atoms with Crippen molar-refractivity contribution in [1.29, 1.82) is 0 Å². The minimum Gasteiger partial charge on any atom is -0.372 e. The molecule has 0 fully saturated rings. The van der Waals surface area contributed by atoms with Gasteiger partial charge in [-0.2, -0.15) is 0 Å². The number of benzene rings is 2. The number of sulfone groups is 1. The van der Waals surface area contributed by atoms with E-state index in [0.717, 1.165) is 11.1 Å². The third-order valence-corrected chi connectivity index (χ3v) is 5.63. The van der Waals surface area contributed by atoms with Crippen molar-refractivity contribution in [1.82, 2.24) is 4.98 Å². The summed E-state index contributed by atoms with van der Waals surface area (Å²) in [4.78, 5) is 4.38. The zero-order valence-corrected chi connectivity index (χ0v) is 14.9. The number of nitrogens with one attached hydrogen (secondary N) is 1. The minimum atomic E-state index is -3.66. The average Bonchev–Trinajstić information content (AvgIpc) is 2.68. The second kappa shape index (κ2) is 7.49. The lowest BCUT2D eigenvalue weighted by atomic mass is 10.1. The molecule has 0 aliphatic rings. The summed E-state index contributed by atoms with van der Waals surface area (Å²) >= 11 is 0. The van der Waals surface area contributed by atoms with Crippen LogP contribution >= 0.6 is 0 Å². The summed E-state index contributed by atoms with van der Waals surface area (Å²) in [5.74, 6) is 0.0285. The van der Waals surface area contributed by atoms with Crippen LogP contribution in [0.5, 0.6) is 0 Å². The molecule has 26 heavy (non-hydrogen) atoms. The summed E-state index contributed by atoms with van der Waals surface area (Å²) in [6.07, 6.45) is 5.21. The standard InChI is InChI=1S/C20H17FN2O2S/c1-22-20-19(3-2-14-23-20)26(24,25)18-12-8-16(9-13-18)5-4-15-6-10-17(21)11-7-15/h2-14H,1H3,(H,22,23). The Morgan fingerprint density at radius 2 is 1.50 bits per heavy atom. The van der Waals surface area contributed by atoms with Crippen LogP contribution in [0.3, 0.4) is 0 Å². The highest BCUT2D eigenvalue weighted by Gasteiger charge is 2.21. The number of hydrogen-bond donors (Lipinski definition) is 1. The molecular weight excluding hydrogens is 351 g/mol. The number of pyridine rings is 1. The summed E-state index contributed by atoms with van der Waals surface area (Å²) in [7, 11) is -2.03. The third-order valence-electron chi connectivity index (χ3n) is 3.83. The summed E-state index contributed by atoms with van der Waals surface area (Å²) in [5.41, 5.74) is 1.70. The van der Waals surface area contributed by atoms with E-state index in [1.165, 1.54) is 24.4 Å². The van der Waals surface area contributed by atoms with E-state index in [2.05, 4.69) is 10.3 Å². The molecule has 0 unspecified atom stereocenters. The number of nitrogens with zero attached hydrogens (tertiary/aromatic N) is 1. The highest BCUT2D eigenvalue weighted by Crippen LogP contribution is 2.26. The largest absolute Gasteiger partial charge is 0.372 e. The van der Waals surface area contributed by atoms with Crippen LogP contribution in [0, 0.1) is 5.82 Å². The Morgan fingerprint density at radius 1 is 0.923 bits per heavy atom. The van der Waals surface area contributed by atoms with Gasteiger partial charge in [0.1, 0.15) is 16.5 Å². The molecule has 3 aromatic rings. The summed E-state index contributed by atoms with van der Waals surface area (Å²) < 4.78 is 38.5. The molecule has 0 saturated carbocycles. The van der Waals surface area contributed by atoms with Gasteiger partial charge in [0.25, 0.3) is 0 Å². The van der Waals surface area contributed by atoms with E-state index in [-0.39, 0.29) is 15.6 Å². The van der Waals surface area contributed by atoms with E-state index < -0.39 is 9.84 Å². The fraction of sp³-hybridized carbons (Fsp3) is 0.0500. The first-order valence-corrected chi connectivity index (χ1v) is 9.40. The Balaban J connectivity index is 1.86. The van der Waals surface area contributed by atoms with Gasteiger partial charge in [-0.05, 0) is 47.5 Å². The highest BCUT2D eigenvalue weighted by atomic mass is 32.2. The maximum absolute atomic E-state index is 12.9. The van der Waals surface area contributed by atoms with Crippen molar-refractivity contribution in [3.05, 3.63) is 83.8 Å². The van der Waals surface area contributed by atoms with Gasteiger partial charge in [-0.1, -0.05) is 36.4 Å². The van der Waals surface area contributed by atoms with Gasteiger partial charge in [0, 0.05) is 13.2 Å². The summed E-state index contributed by atoms with van der Waals surface area (Å²) in [6, 6.07) is 15.8. The molecule has 2 aromatic carbocycles. The SMILES string of the molecule is CNc1ncccc1S(=O)(=O)c1ccc(C=Cc2ccc(F)cc2)cc1. The second-order valence-electron chi connectivity index (χ2n) is 5.56. The molecule has 0 bridgehead atoms. The zero-order chi connectivity index (χ0) is 18.6. The van der Waals surface area contributed by atoms with Crippen LogP contribution in [-0.2, 0) is 9.84 Å². The maximum atomic E-state index is 12.9. The Hall–Kier alpha value is -2.99. The van der Waals surface area contributed by atoms with Crippen molar-refractivity contribution >= 4 is 27.8 Å². The van der Waals surface area contributed by atoms with Crippen LogP contribution in [-0.4, -0.2) is 20.4 Å². The number of aromatic nitrogens is 1. The van der Waals surface area contributed by atoms with E-state index in [1.807, 2.05) is 12.2 Å². The van der Waals surface area contributed by atoms with Gasteiger partial charge in [0.2, 0.25) is 9.84 Å². The summed E-state index contributed by atoms with van der Waals surface area (Å²) in [6.45, 7) is 0. The van der Waals surface area contributed by atoms with E-state index in [1.54, 1.807) is 49.5 Å². The Kier molecular flexibility index (Phi) is 5.14. The van der Waals surface area contributed by atoms with Gasteiger partial charge in [-0.15, -0.1) is 0 Å². The first-order valence-electron chi connectivity index (χ1n) is 7.92. The Bertz CT molecular complexity index is 1030. The lowest BCUT2D eigenvalue weighted by Crippen LogP contribution is -2.07. The van der Waals surface area contributed by atoms with Crippen LogP contribution in [0.2, 0.25) is 0 Å². The Labute approximate surface area is 152 Å². The van der Waals surface area contributed by atoms with Crippen molar-refractivity contribution in [2.45, 2.75) is 9.79 Å². The van der Waals surface area contributed by atoms with Gasteiger partial charge in [-0.25, -0.2) is 17.8 Å². The molecule has 0 saturated heterocycles. The third kappa shape index (κ3) is 3.81. The molecule has 0 radical (unpaired) electrons. The fourth-order valence-electron chi connectivity index (χ4n) is 2.45. The van der Waals surface area contributed by atoms with Crippen LogP contribution in [0.1, 0.15) is 11.1 Å². The molecule has 0 aliphatic heterocycles. The van der Waals surface area contributed by atoms with Crippen molar-refractivity contribution in [2.75, 3.05) is 12.4 Å². The summed E-state index contributed by atoms with van der Waals surface area (Å²) in [5, 5.41) is 2.80. The van der Waals surface area contributed by atoms with Gasteiger partial charge in [0.15, 0.2) is 0 Å². The molecule has 0 spiro atoms. The van der Waals surface area contributed by atoms with Gasteiger partial charge < -0.3 is 5.32 Å². The maximum Gasteiger partial charge on any atom is 0.210 e. The van der Waals surface area contributed by atoms with Crippen molar-refractivity contribution in [3.63, 3.8) is 0 Å². The van der Waals surface area contributed by atoms with Gasteiger partial charge in [0.05, 0.1) is 4.90 Å². The van der Waals surface area contributed by atoms with E-state index in [9.17, 15) is 12.8 Å². The zero-order valence-electron chi connectivity index (χ0n) is 14.1. The molecule has 4 nitrogen and oxygen atoms in total. The normalized spacial score (nSPS) is 11.6. The average molecular weight is 368 g/mol. The van der Waals surface area contributed by atoms with Crippen LogP contribution in [0.25, 0.3) is 12.2 Å². The van der Waals surface area contributed by atoms with Crippen molar-refractivity contribution in [3.8, 4) is 0 Å². The lowest BCUT2D eigenvalue weighted by Gasteiger charge is -2.09. The molecule has 0 amide bonds. The molecule has 0 aliphatic carbocycles. The van der Waals surface area contributed by atoms with Crippen LogP contribution in [0.4, 0.5) is 10.2 Å². The van der Waals surface area contributed by atoms with Crippen LogP contribution in [0.15, 0.2) is 76.7 Å². The molecule has 3 rings (SSSR count). The smallest absolute Gasteiger partial charge is 0.210 e. The minimum absolute atomic E-state index is 0.136. The second-order valence-corrected chi connectivity index (χ2v) is 7.48. The molecule has 1 heterocycles. The molecule has 1 aromatic heterocycles. The quantitative estimate of drug-likeness (QED) is 0.684.